The van der Waals surface area contributed by atoms with E-state index in [-0.39, 0.29) is 11.5 Å². The molecule has 7 nitrogen and oxygen atoms in total. The number of carbonyl (C=O) groups is 3. The number of carbonyl (C=O) groups excluding carboxylic acids is 3. The summed E-state index contributed by atoms with van der Waals surface area (Å²) in [7, 11) is 0. The number of hydrogen-bond acceptors (Lipinski definition) is 5. The standard InChI is InChI=1S/C19H17N3O4/c1-12(18(24)22-17-5-3-4-14(10-17)11-20)26-19(25)15-6-8-16(9-7-15)21-13(2)23/h3-10,12H,1-2H3,(H,21,23)(H,22,24). The van der Waals surface area contributed by atoms with E-state index < -0.39 is 18.0 Å². The molecule has 0 bridgehead atoms. The van der Waals surface area contributed by atoms with Crippen LogP contribution in [0.3, 0.4) is 0 Å². The van der Waals surface area contributed by atoms with E-state index in [1.807, 2.05) is 6.07 Å². The van der Waals surface area contributed by atoms with Crippen molar-refractivity contribution in [3.63, 3.8) is 0 Å². The third-order valence-electron chi connectivity index (χ3n) is 3.35. The minimum absolute atomic E-state index is 0.217. The van der Waals surface area contributed by atoms with Gasteiger partial charge in [0.2, 0.25) is 5.91 Å². The molecular formula is C19H17N3O4. The Balaban J connectivity index is 1.96. The molecule has 2 amide bonds. The van der Waals surface area contributed by atoms with Crippen molar-refractivity contribution >= 4 is 29.2 Å². The van der Waals surface area contributed by atoms with Gasteiger partial charge in [0.1, 0.15) is 0 Å². The Morgan fingerprint density at radius 2 is 1.73 bits per heavy atom. The van der Waals surface area contributed by atoms with E-state index >= 15 is 0 Å². The normalized spacial score (nSPS) is 11.0. The molecule has 26 heavy (non-hydrogen) atoms. The molecule has 0 spiro atoms. The smallest absolute Gasteiger partial charge is 0.338 e. The van der Waals surface area contributed by atoms with Crippen LogP contribution in [0.15, 0.2) is 48.5 Å². The lowest BCUT2D eigenvalue weighted by Gasteiger charge is -2.14. The molecule has 2 aromatic rings. The van der Waals surface area contributed by atoms with Crippen LogP contribution >= 0.6 is 0 Å². The topological polar surface area (TPSA) is 108 Å². The minimum Gasteiger partial charge on any atom is -0.449 e. The van der Waals surface area contributed by atoms with Gasteiger partial charge in [-0.1, -0.05) is 6.07 Å². The second-order valence-corrected chi connectivity index (χ2v) is 5.49. The van der Waals surface area contributed by atoms with E-state index in [1.54, 1.807) is 30.3 Å². The van der Waals surface area contributed by atoms with E-state index in [2.05, 4.69) is 10.6 Å². The summed E-state index contributed by atoms with van der Waals surface area (Å²) in [4.78, 5) is 35.2. The molecule has 0 aliphatic rings. The lowest BCUT2D eigenvalue weighted by Crippen LogP contribution is -2.30. The van der Waals surface area contributed by atoms with Crippen molar-refractivity contribution in [2.45, 2.75) is 20.0 Å². The van der Waals surface area contributed by atoms with Gasteiger partial charge in [-0.15, -0.1) is 0 Å². The zero-order chi connectivity index (χ0) is 19.1. The number of nitriles is 1. The van der Waals surface area contributed by atoms with Crippen LogP contribution in [-0.2, 0) is 14.3 Å². The number of rotatable bonds is 5. The first kappa shape index (κ1) is 18.7. The van der Waals surface area contributed by atoms with E-state index in [9.17, 15) is 14.4 Å². The highest BCUT2D eigenvalue weighted by atomic mass is 16.5. The molecule has 0 heterocycles. The summed E-state index contributed by atoms with van der Waals surface area (Å²) < 4.78 is 5.14. The van der Waals surface area contributed by atoms with Crippen LogP contribution in [0.4, 0.5) is 11.4 Å². The molecule has 0 aliphatic heterocycles. The van der Waals surface area contributed by atoms with Crippen LogP contribution in [0.1, 0.15) is 29.8 Å². The van der Waals surface area contributed by atoms with Gasteiger partial charge in [0.15, 0.2) is 6.10 Å². The number of ether oxygens (including phenoxy) is 1. The summed E-state index contributed by atoms with van der Waals surface area (Å²) in [5.74, 6) is -1.39. The maximum Gasteiger partial charge on any atom is 0.338 e. The molecule has 1 unspecified atom stereocenters. The van der Waals surface area contributed by atoms with Gasteiger partial charge in [-0.2, -0.15) is 5.26 Å². The van der Waals surface area contributed by atoms with Gasteiger partial charge in [0, 0.05) is 18.3 Å². The fourth-order valence-electron chi connectivity index (χ4n) is 2.09. The molecule has 0 saturated carbocycles. The zero-order valence-electron chi connectivity index (χ0n) is 14.3. The first-order valence-electron chi connectivity index (χ1n) is 7.78. The van der Waals surface area contributed by atoms with Crippen molar-refractivity contribution in [2.75, 3.05) is 10.6 Å². The predicted molar refractivity (Wildman–Crippen MR) is 95.4 cm³/mol. The van der Waals surface area contributed by atoms with E-state index in [4.69, 9.17) is 10.00 Å². The van der Waals surface area contributed by atoms with Gasteiger partial charge in [-0.25, -0.2) is 4.79 Å². The molecular weight excluding hydrogens is 334 g/mol. The first-order chi connectivity index (χ1) is 12.4. The highest BCUT2D eigenvalue weighted by Crippen LogP contribution is 2.13. The molecule has 0 radical (unpaired) electrons. The molecule has 2 aromatic carbocycles. The minimum atomic E-state index is -1.02. The summed E-state index contributed by atoms with van der Waals surface area (Å²) in [6.07, 6.45) is -1.02. The maximum absolute atomic E-state index is 12.1. The third kappa shape index (κ3) is 5.18. The van der Waals surface area contributed by atoms with E-state index in [1.165, 1.54) is 32.0 Å². The molecule has 1 atom stereocenters. The summed E-state index contributed by atoms with van der Waals surface area (Å²) >= 11 is 0. The quantitative estimate of drug-likeness (QED) is 0.805. The van der Waals surface area contributed by atoms with Crippen LogP contribution < -0.4 is 10.6 Å². The van der Waals surface area contributed by atoms with Gasteiger partial charge >= 0.3 is 5.97 Å². The van der Waals surface area contributed by atoms with Crippen LogP contribution in [0.2, 0.25) is 0 Å². The lowest BCUT2D eigenvalue weighted by molar-refractivity contribution is -0.123. The van der Waals surface area contributed by atoms with E-state index in [0.717, 1.165) is 0 Å². The Labute approximate surface area is 150 Å². The first-order valence-corrected chi connectivity index (χ1v) is 7.78. The number of esters is 1. The highest BCUT2D eigenvalue weighted by molar-refractivity contribution is 5.97. The number of nitrogens with zero attached hydrogens (tertiary/aromatic N) is 1. The summed E-state index contributed by atoms with van der Waals surface area (Å²) in [6, 6.07) is 14.5. The lowest BCUT2D eigenvalue weighted by atomic mass is 10.2. The third-order valence-corrected chi connectivity index (χ3v) is 3.35. The average Bonchev–Trinajstić information content (AvgIpc) is 2.61. The van der Waals surface area contributed by atoms with Crippen molar-refractivity contribution in [3.8, 4) is 6.07 Å². The van der Waals surface area contributed by atoms with Gasteiger partial charge in [0.05, 0.1) is 17.2 Å². The average molecular weight is 351 g/mol. The van der Waals surface area contributed by atoms with E-state index in [0.29, 0.717) is 16.9 Å². The van der Waals surface area contributed by atoms with Gasteiger partial charge in [-0.05, 0) is 49.4 Å². The van der Waals surface area contributed by atoms with Crippen molar-refractivity contribution in [1.29, 1.82) is 5.26 Å². The second kappa shape index (κ2) is 8.44. The predicted octanol–water partition coefficient (Wildman–Crippen LogP) is 2.70. The summed E-state index contributed by atoms with van der Waals surface area (Å²) in [6.45, 7) is 2.84. The van der Waals surface area contributed by atoms with Crippen LogP contribution in [-0.4, -0.2) is 23.9 Å². The molecule has 0 saturated heterocycles. The fraction of sp³-hybridized carbons (Fsp3) is 0.158. The van der Waals surface area contributed by atoms with Gasteiger partial charge < -0.3 is 15.4 Å². The Bertz CT molecular complexity index is 869. The Kier molecular flexibility index (Phi) is 6.06. The number of amides is 2. The molecule has 2 N–H and O–H groups in total. The maximum atomic E-state index is 12.1. The molecule has 0 fully saturated rings. The number of benzene rings is 2. The largest absolute Gasteiger partial charge is 0.449 e. The fourth-order valence-corrected chi connectivity index (χ4v) is 2.09. The molecule has 7 heteroatoms. The number of nitrogens with one attached hydrogen (secondary N) is 2. The van der Waals surface area contributed by atoms with Crippen molar-refractivity contribution in [1.82, 2.24) is 0 Å². The highest BCUT2D eigenvalue weighted by Gasteiger charge is 2.19. The SMILES string of the molecule is CC(=O)Nc1ccc(C(=O)OC(C)C(=O)Nc2cccc(C#N)c2)cc1. The van der Waals surface area contributed by atoms with Gasteiger partial charge in [-0.3, -0.25) is 9.59 Å². The Hall–Kier alpha value is -3.66. The van der Waals surface area contributed by atoms with Gasteiger partial charge in [0.25, 0.3) is 5.91 Å². The van der Waals surface area contributed by atoms with Crippen LogP contribution in [0.5, 0.6) is 0 Å². The Morgan fingerprint density at radius 3 is 2.35 bits per heavy atom. The van der Waals surface area contributed by atoms with Crippen LogP contribution in [0.25, 0.3) is 0 Å². The summed E-state index contributed by atoms with van der Waals surface area (Å²) in [5.41, 5.74) is 1.66. The number of hydrogen-bond donors (Lipinski definition) is 2. The number of anilines is 2. The molecule has 132 valence electrons. The Morgan fingerprint density at radius 1 is 1.04 bits per heavy atom. The van der Waals surface area contributed by atoms with Crippen LogP contribution in [0, 0.1) is 11.3 Å². The molecule has 0 aliphatic carbocycles. The monoisotopic (exact) mass is 351 g/mol. The summed E-state index contributed by atoms with van der Waals surface area (Å²) in [5, 5.41) is 14.0. The molecule has 0 aromatic heterocycles. The molecule has 2 rings (SSSR count). The van der Waals surface area contributed by atoms with Crippen molar-refractivity contribution in [2.24, 2.45) is 0 Å². The van der Waals surface area contributed by atoms with Crippen molar-refractivity contribution in [3.05, 3.63) is 59.7 Å². The second-order valence-electron chi connectivity index (χ2n) is 5.49. The van der Waals surface area contributed by atoms with Crippen molar-refractivity contribution < 1.29 is 19.1 Å². The zero-order valence-corrected chi connectivity index (χ0v) is 14.3.